The van der Waals surface area contributed by atoms with Crippen LogP contribution in [0, 0.1) is 5.82 Å². The van der Waals surface area contributed by atoms with Gasteiger partial charge in [-0.15, -0.1) is 0 Å². The number of urea groups is 1. The Morgan fingerprint density at radius 1 is 0.950 bits per heavy atom. The molecule has 10 nitrogen and oxygen atoms in total. The van der Waals surface area contributed by atoms with E-state index < -0.39 is 17.8 Å². The van der Waals surface area contributed by atoms with Gasteiger partial charge in [0.1, 0.15) is 18.2 Å². The molecule has 0 bridgehead atoms. The van der Waals surface area contributed by atoms with Crippen LogP contribution in [0.4, 0.5) is 20.6 Å². The number of halogens is 1. The van der Waals surface area contributed by atoms with Gasteiger partial charge in [-0.3, -0.25) is 4.79 Å². The van der Waals surface area contributed by atoms with Gasteiger partial charge in [0.2, 0.25) is 5.91 Å². The molecular weight excluding hydrogens is 521 g/mol. The number of carbonyl (C=O) groups is 3. The zero-order valence-electron chi connectivity index (χ0n) is 22.1. The van der Waals surface area contributed by atoms with E-state index in [1.165, 1.54) is 44.6 Å². The summed E-state index contributed by atoms with van der Waals surface area (Å²) in [6.45, 7) is 0.826. The minimum atomic E-state index is -1.07. The lowest BCUT2D eigenvalue weighted by atomic mass is 10.1. The summed E-state index contributed by atoms with van der Waals surface area (Å²) >= 11 is 0. The van der Waals surface area contributed by atoms with Crippen LogP contribution >= 0.6 is 0 Å². The predicted octanol–water partition coefficient (Wildman–Crippen LogP) is 4.80. The molecule has 3 N–H and O–H groups in total. The number of anilines is 2. The highest BCUT2D eigenvalue weighted by atomic mass is 19.1. The van der Waals surface area contributed by atoms with Gasteiger partial charge in [0.25, 0.3) is 0 Å². The van der Waals surface area contributed by atoms with Gasteiger partial charge >= 0.3 is 12.0 Å². The maximum absolute atomic E-state index is 13.8. The van der Waals surface area contributed by atoms with Crippen molar-refractivity contribution in [2.24, 2.45) is 0 Å². The maximum atomic E-state index is 13.8. The van der Waals surface area contributed by atoms with E-state index in [2.05, 4.69) is 10.6 Å². The Balaban J connectivity index is 1.37. The number of methoxy groups -OCH3 is 2. The first-order valence-electron chi connectivity index (χ1n) is 12.6. The van der Waals surface area contributed by atoms with Gasteiger partial charge in [-0.2, -0.15) is 0 Å². The molecule has 210 valence electrons. The normalized spacial score (nSPS) is 14.4. The van der Waals surface area contributed by atoms with Crippen LogP contribution in [-0.4, -0.2) is 61.3 Å². The molecular formula is C29H30FN3O7. The Kier molecular flexibility index (Phi) is 9.05. The predicted molar refractivity (Wildman–Crippen MR) is 146 cm³/mol. The van der Waals surface area contributed by atoms with Crippen molar-refractivity contribution < 1.29 is 38.1 Å². The number of nitrogens with one attached hydrogen (secondary N) is 2. The van der Waals surface area contributed by atoms with Crippen molar-refractivity contribution >= 4 is 29.3 Å². The second-order valence-corrected chi connectivity index (χ2v) is 9.14. The van der Waals surface area contributed by atoms with E-state index in [-0.39, 0.29) is 36.2 Å². The molecule has 0 radical (unpaired) electrons. The average molecular weight is 552 g/mol. The van der Waals surface area contributed by atoms with Gasteiger partial charge in [0, 0.05) is 6.54 Å². The molecule has 1 heterocycles. The molecule has 3 aromatic carbocycles. The summed E-state index contributed by atoms with van der Waals surface area (Å²) in [5, 5.41) is 14.3. The third-order valence-corrected chi connectivity index (χ3v) is 6.53. The van der Waals surface area contributed by atoms with E-state index in [1.807, 2.05) is 0 Å². The van der Waals surface area contributed by atoms with Gasteiger partial charge in [0.15, 0.2) is 11.5 Å². The largest absolute Gasteiger partial charge is 0.495 e. The van der Waals surface area contributed by atoms with E-state index >= 15 is 0 Å². The zero-order valence-corrected chi connectivity index (χ0v) is 22.1. The lowest BCUT2D eigenvalue weighted by Gasteiger charge is -2.25. The first-order valence-corrected chi connectivity index (χ1v) is 12.6. The summed E-state index contributed by atoms with van der Waals surface area (Å²) < 4.78 is 30.4. The fourth-order valence-corrected chi connectivity index (χ4v) is 4.51. The van der Waals surface area contributed by atoms with Crippen molar-refractivity contribution in [2.45, 2.75) is 25.3 Å². The Labute approximate surface area is 230 Å². The number of likely N-dealkylation sites (tertiary alicyclic amines) is 1. The smallest absolute Gasteiger partial charge is 0.335 e. The minimum absolute atomic E-state index is 0.0426. The fraction of sp³-hybridized carbons (Fsp3) is 0.276. The van der Waals surface area contributed by atoms with Gasteiger partial charge in [-0.25, -0.2) is 14.0 Å². The van der Waals surface area contributed by atoms with Crippen molar-refractivity contribution in [1.82, 2.24) is 4.90 Å². The fourth-order valence-electron chi connectivity index (χ4n) is 4.51. The van der Waals surface area contributed by atoms with Gasteiger partial charge < -0.3 is 34.9 Å². The average Bonchev–Trinajstić information content (AvgIpc) is 3.42. The Hall–Kier alpha value is -4.80. The third kappa shape index (κ3) is 6.79. The standard InChI is InChI=1S/C29H30FN3O7/c1-38-25-14-18(9-11-23(25)32-29(37)31-22-8-4-3-7-21(22)30)15-27(34)33-13-5-6-20(33)17-40-24-12-10-19(28(35)36)16-26(24)39-2/h3-4,7-12,14,16,20H,5-6,13,15,17H2,1-2H3,(H,35,36)(H2,31,32,37)/t20-/m0/s1. The number of carboxylic acids is 1. The Morgan fingerprint density at radius 3 is 2.42 bits per heavy atom. The molecule has 4 rings (SSSR count). The van der Waals surface area contributed by atoms with Crippen LogP contribution < -0.4 is 24.8 Å². The number of rotatable bonds is 10. The molecule has 3 amide bonds. The number of nitrogens with zero attached hydrogens (tertiary/aromatic N) is 1. The first-order chi connectivity index (χ1) is 19.3. The molecule has 0 aromatic heterocycles. The van der Waals surface area contributed by atoms with Crippen molar-refractivity contribution in [3.05, 3.63) is 77.6 Å². The number of amides is 3. The molecule has 11 heteroatoms. The third-order valence-electron chi connectivity index (χ3n) is 6.53. The number of carbonyl (C=O) groups excluding carboxylic acids is 2. The number of ether oxygens (including phenoxy) is 3. The lowest BCUT2D eigenvalue weighted by molar-refractivity contribution is -0.131. The van der Waals surface area contributed by atoms with E-state index in [4.69, 9.17) is 14.2 Å². The van der Waals surface area contributed by atoms with E-state index in [0.29, 0.717) is 35.0 Å². The number of carboxylic acid groups (broad SMARTS) is 1. The summed E-state index contributed by atoms with van der Waals surface area (Å²) in [5.74, 6) is -0.646. The van der Waals surface area contributed by atoms with E-state index in [1.54, 1.807) is 35.2 Å². The number of aromatic carboxylic acids is 1. The minimum Gasteiger partial charge on any atom is -0.495 e. The molecule has 1 saturated heterocycles. The number of benzene rings is 3. The number of para-hydroxylation sites is 1. The molecule has 1 fully saturated rings. The molecule has 3 aromatic rings. The SMILES string of the molecule is COc1cc(CC(=O)N2CCC[C@H]2COc2ccc(C(=O)O)cc2OC)ccc1NC(=O)Nc1ccccc1F. The second kappa shape index (κ2) is 12.8. The molecule has 1 aliphatic heterocycles. The summed E-state index contributed by atoms with van der Waals surface area (Å²) in [5.41, 5.74) is 1.19. The summed E-state index contributed by atoms with van der Waals surface area (Å²) in [4.78, 5) is 38.6. The number of hydrogen-bond donors (Lipinski definition) is 3. The van der Waals surface area contributed by atoms with Crippen LogP contribution in [0.1, 0.15) is 28.8 Å². The molecule has 0 unspecified atom stereocenters. The maximum Gasteiger partial charge on any atom is 0.335 e. The van der Waals surface area contributed by atoms with Gasteiger partial charge in [0.05, 0.1) is 43.6 Å². The first kappa shape index (κ1) is 28.2. The van der Waals surface area contributed by atoms with Crippen LogP contribution in [-0.2, 0) is 11.2 Å². The van der Waals surface area contributed by atoms with Gasteiger partial charge in [-0.1, -0.05) is 18.2 Å². The molecule has 0 spiro atoms. The van der Waals surface area contributed by atoms with Crippen LogP contribution in [0.5, 0.6) is 17.2 Å². The summed E-state index contributed by atoms with van der Waals surface area (Å²) in [6, 6.07) is 14.4. The van der Waals surface area contributed by atoms with Crippen molar-refractivity contribution in [2.75, 3.05) is 38.0 Å². The number of hydrogen-bond acceptors (Lipinski definition) is 6. The quantitative estimate of drug-likeness (QED) is 0.331. The van der Waals surface area contributed by atoms with Gasteiger partial charge in [-0.05, 0) is 60.9 Å². The molecule has 0 aliphatic carbocycles. The highest BCUT2D eigenvalue weighted by Gasteiger charge is 2.29. The molecule has 40 heavy (non-hydrogen) atoms. The highest BCUT2D eigenvalue weighted by molar-refractivity contribution is 6.00. The Bertz CT molecular complexity index is 1400. The lowest BCUT2D eigenvalue weighted by Crippen LogP contribution is -2.39. The van der Waals surface area contributed by atoms with E-state index in [9.17, 15) is 23.9 Å². The zero-order chi connectivity index (χ0) is 28.6. The van der Waals surface area contributed by atoms with Crippen molar-refractivity contribution in [1.29, 1.82) is 0 Å². The molecule has 0 saturated carbocycles. The highest BCUT2D eigenvalue weighted by Crippen LogP contribution is 2.30. The monoisotopic (exact) mass is 551 g/mol. The van der Waals surface area contributed by atoms with Crippen LogP contribution in [0.2, 0.25) is 0 Å². The summed E-state index contributed by atoms with van der Waals surface area (Å²) in [6.07, 6.45) is 1.72. The Morgan fingerprint density at radius 2 is 1.70 bits per heavy atom. The van der Waals surface area contributed by atoms with Crippen LogP contribution in [0.15, 0.2) is 60.7 Å². The second-order valence-electron chi connectivity index (χ2n) is 9.14. The summed E-state index contributed by atoms with van der Waals surface area (Å²) in [7, 11) is 2.88. The topological polar surface area (TPSA) is 126 Å². The van der Waals surface area contributed by atoms with Crippen molar-refractivity contribution in [3.63, 3.8) is 0 Å². The van der Waals surface area contributed by atoms with E-state index in [0.717, 1.165) is 12.8 Å². The van der Waals surface area contributed by atoms with Crippen molar-refractivity contribution in [3.8, 4) is 17.2 Å². The molecule has 1 aliphatic rings. The molecule has 1 atom stereocenters. The van der Waals surface area contributed by atoms with Crippen LogP contribution in [0.25, 0.3) is 0 Å². The van der Waals surface area contributed by atoms with Crippen LogP contribution in [0.3, 0.4) is 0 Å².